The number of pyridine rings is 1. The molecule has 0 spiro atoms. The van der Waals surface area contributed by atoms with Gasteiger partial charge < -0.3 is 11.1 Å². The summed E-state index contributed by atoms with van der Waals surface area (Å²) < 4.78 is 70.0. The third-order valence-electron chi connectivity index (χ3n) is 5.79. The number of aryl methyl sites for hydroxylation is 1. The predicted molar refractivity (Wildman–Crippen MR) is 130 cm³/mol. The third kappa shape index (κ3) is 4.82. The van der Waals surface area contributed by atoms with Crippen LogP contribution in [0.1, 0.15) is 45.8 Å². The molecule has 0 saturated heterocycles. The zero-order chi connectivity index (χ0) is 28.1. The predicted octanol–water partition coefficient (Wildman–Crippen LogP) is 5.34. The largest absolute Gasteiger partial charge is 0.433 e. The Morgan fingerprint density at radius 1 is 1.18 bits per heavy atom. The minimum Gasteiger partial charge on any atom is -0.365 e. The number of fused-ring (bicyclic) bond motifs is 1. The zero-order valence-corrected chi connectivity index (χ0v) is 21.5. The Balaban J connectivity index is 1.88. The Morgan fingerprint density at radius 3 is 2.39 bits per heavy atom. The average molecular weight is 576 g/mol. The van der Waals surface area contributed by atoms with Crippen molar-refractivity contribution < 1.29 is 31.5 Å². The number of carbonyl (C=O) groups is 2. The van der Waals surface area contributed by atoms with Crippen molar-refractivity contribution in [3.8, 4) is 11.1 Å². The smallest absolute Gasteiger partial charge is 0.365 e. The summed E-state index contributed by atoms with van der Waals surface area (Å²) in [5.41, 5.74) is 4.41. The van der Waals surface area contributed by atoms with Crippen molar-refractivity contribution in [2.75, 3.05) is 5.32 Å². The standard InChI is InChI=1S/C22H19ClF5N7O2S/c1-4-34-8(2)11(6-30-34)10-5-12(22(26,27)28)31-21-14(10)16(18(38-21)20(29)37)32-13(36)7-35-9(3)15(23)17(33-35)19(24)25/h5-6,19H,4,7H2,1-3H3,(H2,29,37)(H,32,36). The summed E-state index contributed by atoms with van der Waals surface area (Å²) in [5.74, 6) is -1.83. The Labute approximate surface area is 220 Å². The van der Waals surface area contributed by atoms with Gasteiger partial charge in [-0.3, -0.25) is 19.0 Å². The van der Waals surface area contributed by atoms with Crippen molar-refractivity contribution in [3.63, 3.8) is 0 Å². The third-order valence-corrected chi connectivity index (χ3v) is 7.36. The van der Waals surface area contributed by atoms with E-state index in [9.17, 15) is 31.5 Å². The number of aromatic nitrogens is 5. The minimum absolute atomic E-state index is 0.0249. The number of primary amides is 1. The zero-order valence-electron chi connectivity index (χ0n) is 20.0. The van der Waals surface area contributed by atoms with Crippen molar-refractivity contribution in [2.24, 2.45) is 5.73 Å². The highest BCUT2D eigenvalue weighted by atomic mass is 35.5. The fourth-order valence-corrected chi connectivity index (χ4v) is 5.16. The quantitative estimate of drug-likeness (QED) is 0.288. The van der Waals surface area contributed by atoms with Crippen LogP contribution >= 0.6 is 22.9 Å². The summed E-state index contributed by atoms with van der Waals surface area (Å²) in [6.07, 6.45) is -6.41. The molecule has 202 valence electrons. The van der Waals surface area contributed by atoms with Crippen molar-refractivity contribution in [1.29, 1.82) is 0 Å². The van der Waals surface area contributed by atoms with Gasteiger partial charge in [-0.25, -0.2) is 13.8 Å². The minimum atomic E-state index is -4.81. The van der Waals surface area contributed by atoms with Crippen molar-refractivity contribution >= 4 is 50.7 Å². The molecule has 0 aromatic carbocycles. The fraction of sp³-hybridized carbons (Fsp3) is 0.318. The van der Waals surface area contributed by atoms with Crippen LogP contribution in [0.3, 0.4) is 0 Å². The van der Waals surface area contributed by atoms with E-state index in [4.69, 9.17) is 17.3 Å². The Kier molecular flexibility index (Phi) is 7.18. The second kappa shape index (κ2) is 9.94. The number of alkyl halides is 5. The lowest BCUT2D eigenvalue weighted by atomic mass is 10.0. The molecule has 4 aromatic heterocycles. The number of hydrogen-bond acceptors (Lipinski definition) is 6. The second-order valence-electron chi connectivity index (χ2n) is 8.15. The van der Waals surface area contributed by atoms with E-state index in [1.165, 1.54) is 13.1 Å². The molecule has 0 unspecified atom stereocenters. The first-order valence-electron chi connectivity index (χ1n) is 10.9. The maximum Gasteiger partial charge on any atom is 0.433 e. The number of hydrogen-bond donors (Lipinski definition) is 2. The summed E-state index contributed by atoms with van der Waals surface area (Å²) in [5, 5.41) is 10.1. The van der Waals surface area contributed by atoms with E-state index in [0.29, 0.717) is 29.1 Å². The number of thiophene rings is 1. The lowest BCUT2D eigenvalue weighted by molar-refractivity contribution is -0.140. The average Bonchev–Trinajstić information content (AvgIpc) is 3.47. The number of nitrogens with zero attached hydrogens (tertiary/aromatic N) is 5. The number of halogens is 6. The van der Waals surface area contributed by atoms with E-state index in [2.05, 4.69) is 20.5 Å². The molecule has 3 N–H and O–H groups in total. The summed E-state index contributed by atoms with van der Waals surface area (Å²) in [7, 11) is 0. The summed E-state index contributed by atoms with van der Waals surface area (Å²) >= 11 is 6.47. The molecule has 0 fully saturated rings. The molecule has 16 heteroatoms. The number of anilines is 1. The summed E-state index contributed by atoms with van der Waals surface area (Å²) in [6, 6.07) is 0.811. The molecule has 4 aromatic rings. The normalized spacial score (nSPS) is 12.1. The Morgan fingerprint density at radius 2 is 1.87 bits per heavy atom. The molecule has 0 aliphatic carbocycles. The maximum atomic E-state index is 13.7. The number of carbonyl (C=O) groups excluding carboxylic acids is 2. The SMILES string of the molecule is CCn1ncc(-c2cc(C(F)(F)F)nc3sc(C(N)=O)c(NC(=O)Cn4nc(C(F)F)c(Cl)c4C)c23)c1C. The molecule has 4 heterocycles. The first-order chi connectivity index (χ1) is 17.7. The summed E-state index contributed by atoms with van der Waals surface area (Å²) in [6.45, 7) is 4.72. The number of amides is 2. The van der Waals surface area contributed by atoms with Gasteiger partial charge in [-0.05, 0) is 32.4 Å². The van der Waals surface area contributed by atoms with E-state index < -0.39 is 42.3 Å². The topological polar surface area (TPSA) is 121 Å². The van der Waals surface area contributed by atoms with Crippen LogP contribution in [0.4, 0.5) is 27.6 Å². The molecule has 0 aliphatic heterocycles. The van der Waals surface area contributed by atoms with Crippen LogP contribution in [0.25, 0.3) is 21.3 Å². The van der Waals surface area contributed by atoms with Crippen LogP contribution in [0, 0.1) is 13.8 Å². The van der Waals surface area contributed by atoms with Crippen LogP contribution in [-0.4, -0.2) is 36.4 Å². The van der Waals surface area contributed by atoms with Crippen molar-refractivity contribution in [2.45, 2.75) is 46.5 Å². The Bertz CT molecular complexity index is 1570. The highest BCUT2D eigenvalue weighted by molar-refractivity contribution is 7.21. The van der Waals surface area contributed by atoms with Gasteiger partial charge in [0.25, 0.3) is 12.3 Å². The number of rotatable bonds is 7. The van der Waals surface area contributed by atoms with E-state index in [1.54, 1.807) is 18.5 Å². The highest BCUT2D eigenvalue weighted by Crippen LogP contribution is 2.44. The van der Waals surface area contributed by atoms with Gasteiger partial charge in [0.15, 0.2) is 0 Å². The van der Waals surface area contributed by atoms with E-state index in [-0.39, 0.29) is 37.1 Å². The van der Waals surface area contributed by atoms with Crippen LogP contribution in [0.2, 0.25) is 5.02 Å². The first kappa shape index (κ1) is 27.4. The maximum absolute atomic E-state index is 13.7. The van der Waals surface area contributed by atoms with E-state index >= 15 is 0 Å². The molecule has 0 atom stereocenters. The highest BCUT2D eigenvalue weighted by Gasteiger charge is 2.35. The fourth-order valence-electron chi connectivity index (χ4n) is 3.93. The Hall–Kier alpha value is -3.59. The van der Waals surface area contributed by atoms with Crippen LogP contribution in [-0.2, 0) is 24.1 Å². The van der Waals surface area contributed by atoms with Gasteiger partial charge in [0.2, 0.25) is 5.91 Å². The van der Waals surface area contributed by atoms with Crippen molar-refractivity contribution in [3.05, 3.63) is 44.9 Å². The van der Waals surface area contributed by atoms with Crippen LogP contribution < -0.4 is 11.1 Å². The number of nitrogens with two attached hydrogens (primary N) is 1. The van der Waals surface area contributed by atoms with Gasteiger partial charge in [0, 0.05) is 23.2 Å². The van der Waals surface area contributed by atoms with Gasteiger partial charge in [-0.2, -0.15) is 23.4 Å². The molecule has 9 nitrogen and oxygen atoms in total. The monoisotopic (exact) mass is 575 g/mol. The van der Waals surface area contributed by atoms with E-state index in [0.717, 1.165) is 10.7 Å². The molecule has 0 bridgehead atoms. The molecule has 0 saturated carbocycles. The molecule has 0 aliphatic rings. The lowest BCUT2D eigenvalue weighted by Crippen LogP contribution is -2.22. The van der Waals surface area contributed by atoms with Gasteiger partial charge in [-0.1, -0.05) is 11.6 Å². The molecule has 0 radical (unpaired) electrons. The molecule has 4 rings (SSSR count). The number of nitrogens with one attached hydrogen (secondary N) is 1. The molecular formula is C22H19ClF5N7O2S. The van der Waals surface area contributed by atoms with Crippen LogP contribution in [0.5, 0.6) is 0 Å². The van der Waals surface area contributed by atoms with Gasteiger partial charge in [-0.15, -0.1) is 11.3 Å². The molecule has 38 heavy (non-hydrogen) atoms. The van der Waals surface area contributed by atoms with E-state index in [1.807, 2.05) is 0 Å². The first-order valence-corrected chi connectivity index (χ1v) is 12.1. The molecule has 2 amide bonds. The van der Waals surface area contributed by atoms with Gasteiger partial charge in [0.05, 0.1) is 22.6 Å². The lowest BCUT2D eigenvalue weighted by Gasteiger charge is -2.12. The van der Waals surface area contributed by atoms with Crippen LogP contribution in [0.15, 0.2) is 12.3 Å². The molecular weight excluding hydrogens is 557 g/mol. The van der Waals surface area contributed by atoms with Gasteiger partial charge in [0.1, 0.15) is 27.6 Å². The van der Waals surface area contributed by atoms with Gasteiger partial charge >= 0.3 is 6.18 Å². The van der Waals surface area contributed by atoms with Crippen molar-refractivity contribution in [1.82, 2.24) is 24.5 Å². The summed E-state index contributed by atoms with van der Waals surface area (Å²) in [4.78, 5) is 28.5. The second-order valence-corrected chi connectivity index (χ2v) is 9.53.